The molecule has 1 aliphatic heterocycles. The quantitative estimate of drug-likeness (QED) is 0.889. The Kier molecular flexibility index (Phi) is 3.33. The molecule has 1 fully saturated rings. The molecule has 1 unspecified atom stereocenters. The summed E-state index contributed by atoms with van der Waals surface area (Å²) in [6, 6.07) is 0. The zero-order valence-electron chi connectivity index (χ0n) is 11.5. The van der Waals surface area contributed by atoms with Crippen molar-refractivity contribution in [2.75, 3.05) is 6.54 Å². The van der Waals surface area contributed by atoms with Crippen molar-refractivity contribution in [3.8, 4) is 0 Å². The van der Waals surface area contributed by atoms with Crippen LogP contribution in [0.4, 0.5) is 0 Å². The molecule has 3 heteroatoms. The number of aromatic nitrogens is 2. The average molecular weight is 245 g/mol. The van der Waals surface area contributed by atoms with Crippen molar-refractivity contribution in [3.05, 3.63) is 22.8 Å². The van der Waals surface area contributed by atoms with Crippen LogP contribution in [0.25, 0.3) is 0 Å². The summed E-state index contributed by atoms with van der Waals surface area (Å²) in [5.74, 6) is 2.29. The molecule has 98 valence electrons. The molecule has 0 aromatic carbocycles. The highest BCUT2D eigenvalue weighted by Crippen LogP contribution is 2.38. The van der Waals surface area contributed by atoms with Gasteiger partial charge in [0.2, 0.25) is 0 Å². The zero-order valence-corrected chi connectivity index (χ0v) is 11.5. The van der Waals surface area contributed by atoms with Crippen LogP contribution in [-0.2, 0) is 13.0 Å². The Morgan fingerprint density at radius 2 is 2.17 bits per heavy atom. The summed E-state index contributed by atoms with van der Waals surface area (Å²) in [5, 5.41) is 3.47. The molecule has 18 heavy (non-hydrogen) atoms. The summed E-state index contributed by atoms with van der Waals surface area (Å²) in [6.45, 7) is 6.50. The van der Waals surface area contributed by atoms with Crippen LogP contribution in [-0.4, -0.2) is 16.5 Å². The molecule has 2 heterocycles. The molecule has 1 saturated carbocycles. The molecule has 0 saturated heterocycles. The highest BCUT2D eigenvalue weighted by atomic mass is 15.0. The van der Waals surface area contributed by atoms with Gasteiger partial charge >= 0.3 is 0 Å². The van der Waals surface area contributed by atoms with E-state index in [0.29, 0.717) is 11.8 Å². The maximum absolute atomic E-state index is 4.93. The lowest BCUT2D eigenvalue weighted by molar-refractivity contribution is 0.401. The molecule has 0 amide bonds. The fraction of sp³-hybridized carbons (Fsp3) is 0.733. The van der Waals surface area contributed by atoms with Crippen LogP contribution in [0.1, 0.15) is 74.1 Å². The molecule has 0 spiro atoms. The topological polar surface area (TPSA) is 37.8 Å². The summed E-state index contributed by atoms with van der Waals surface area (Å²) >= 11 is 0. The van der Waals surface area contributed by atoms with Gasteiger partial charge in [0.1, 0.15) is 5.82 Å². The Labute approximate surface area is 109 Å². The minimum absolute atomic E-state index is 0.490. The van der Waals surface area contributed by atoms with Gasteiger partial charge in [-0.3, -0.25) is 0 Å². The van der Waals surface area contributed by atoms with E-state index < -0.39 is 0 Å². The van der Waals surface area contributed by atoms with Crippen molar-refractivity contribution >= 4 is 0 Å². The molecule has 1 N–H and O–H groups in total. The van der Waals surface area contributed by atoms with Gasteiger partial charge in [-0.05, 0) is 19.3 Å². The van der Waals surface area contributed by atoms with E-state index in [4.69, 9.17) is 9.97 Å². The third kappa shape index (κ3) is 2.05. The molecule has 2 aliphatic rings. The second kappa shape index (κ2) is 4.96. The molecule has 1 aromatic rings. The fourth-order valence-corrected chi connectivity index (χ4v) is 2.81. The first kappa shape index (κ1) is 12.1. The second-order valence-electron chi connectivity index (χ2n) is 5.76. The normalized spacial score (nSPS) is 21.2. The van der Waals surface area contributed by atoms with Crippen LogP contribution < -0.4 is 5.32 Å². The highest BCUT2D eigenvalue weighted by Gasteiger charge is 2.28. The van der Waals surface area contributed by atoms with Crippen molar-refractivity contribution in [2.24, 2.45) is 0 Å². The van der Waals surface area contributed by atoms with Gasteiger partial charge in [0.15, 0.2) is 0 Å². The smallest absolute Gasteiger partial charge is 0.131 e. The average Bonchev–Trinajstić information content (AvgIpc) is 2.35. The van der Waals surface area contributed by atoms with Crippen LogP contribution >= 0.6 is 0 Å². The van der Waals surface area contributed by atoms with Gasteiger partial charge < -0.3 is 5.32 Å². The summed E-state index contributed by atoms with van der Waals surface area (Å²) in [7, 11) is 0. The Hall–Kier alpha value is -0.960. The van der Waals surface area contributed by atoms with Crippen molar-refractivity contribution in [1.29, 1.82) is 0 Å². The lowest BCUT2D eigenvalue weighted by Gasteiger charge is -2.30. The van der Waals surface area contributed by atoms with Gasteiger partial charge in [-0.2, -0.15) is 0 Å². The first-order valence-electron chi connectivity index (χ1n) is 7.40. The molecular weight excluding hydrogens is 222 g/mol. The maximum atomic E-state index is 4.93. The summed E-state index contributed by atoms with van der Waals surface area (Å²) in [6.07, 6.45) is 6.21. The van der Waals surface area contributed by atoms with Crippen LogP contribution in [0.5, 0.6) is 0 Å². The van der Waals surface area contributed by atoms with Crippen LogP contribution in [0.2, 0.25) is 0 Å². The van der Waals surface area contributed by atoms with Gasteiger partial charge in [0.25, 0.3) is 0 Å². The number of rotatable bonds is 3. The van der Waals surface area contributed by atoms with Crippen LogP contribution in [0, 0.1) is 0 Å². The van der Waals surface area contributed by atoms with E-state index in [1.54, 1.807) is 0 Å². The molecule has 1 aliphatic carbocycles. The number of hydrogen-bond donors (Lipinski definition) is 1. The highest BCUT2D eigenvalue weighted by molar-refractivity contribution is 5.32. The first-order chi connectivity index (χ1) is 8.79. The molecule has 0 radical (unpaired) electrons. The predicted molar refractivity (Wildman–Crippen MR) is 72.7 cm³/mol. The lowest BCUT2D eigenvalue weighted by atomic mass is 9.80. The standard InChI is InChI=1S/C15H23N3/c1-3-10(2)15-17-13-7-8-16-9-12(13)14(18-15)11-5-4-6-11/h10-11,16H,3-9H2,1-2H3. The SMILES string of the molecule is CCC(C)c1nc2c(c(C3CCC3)n1)CNCC2. The molecular formula is C15H23N3. The fourth-order valence-electron chi connectivity index (χ4n) is 2.81. The largest absolute Gasteiger partial charge is 0.312 e. The Morgan fingerprint density at radius 1 is 1.33 bits per heavy atom. The maximum Gasteiger partial charge on any atom is 0.131 e. The van der Waals surface area contributed by atoms with E-state index in [9.17, 15) is 0 Å². The summed E-state index contributed by atoms with van der Waals surface area (Å²) in [4.78, 5) is 9.76. The Bertz CT molecular complexity index is 438. The van der Waals surface area contributed by atoms with Crippen LogP contribution in [0.3, 0.4) is 0 Å². The van der Waals surface area contributed by atoms with E-state index in [0.717, 1.165) is 31.8 Å². The Morgan fingerprint density at radius 3 is 2.83 bits per heavy atom. The minimum Gasteiger partial charge on any atom is -0.312 e. The zero-order chi connectivity index (χ0) is 12.5. The number of nitrogens with one attached hydrogen (secondary N) is 1. The summed E-state index contributed by atoms with van der Waals surface area (Å²) in [5.41, 5.74) is 4.10. The van der Waals surface area contributed by atoms with Crippen LogP contribution in [0.15, 0.2) is 0 Å². The van der Waals surface area contributed by atoms with Crippen molar-refractivity contribution in [1.82, 2.24) is 15.3 Å². The molecule has 3 rings (SSSR count). The van der Waals surface area contributed by atoms with Gasteiger partial charge in [-0.1, -0.05) is 20.3 Å². The van der Waals surface area contributed by atoms with E-state index in [-0.39, 0.29) is 0 Å². The van der Waals surface area contributed by atoms with E-state index in [2.05, 4.69) is 19.2 Å². The molecule has 0 bridgehead atoms. The Balaban J connectivity index is 2.03. The molecule has 1 aromatic heterocycles. The minimum atomic E-state index is 0.490. The van der Waals surface area contributed by atoms with Crippen molar-refractivity contribution < 1.29 is 0 Å². The van der Waals surface area contributed by atoms with Gasteiger partial charge in [0.05, 0.1) is 11.4 Å². The van der Waals surface area contributed by atoms with Crippen molar-refractivity contribution in [2.45, 2.75) is 64.3 Å². The third-order valence-corrected chi connectivity index (χ3v) is 4.53. The summed E-state index contributed by atoms with van der Waals surface area (Å²) < 4.78 is 0. The first-order valence-corrected chi connectivity index (χ1v) is 7.40. The number of nitrogens with zero attached hydrogens (tertiary/aromatic N) is 2. The van der Waals surface area contributed by atoms with E-state index in [1.165, 1.54) is 36.2 Å². The third-order valence-electron chi connectivity index (χ3n) is 4.53. The number of hydrogen-bond acceptors (Lipinski definition) is 3. The van der Waals surface area contributed by atoms with E-state index >= 15 is 0 Å². The lowest BCUT2D eigenvalue weighted by Crippen LogP contribution is -2.29. The van der Waals surface area contributed by atoms with Gasteiger partial charge in [-0.15, -0.1) is 0 Å². The molecule has 3 nitrogen and oxygen atoms in total. The van der Waals surface area contributed by atoms with Gasteiger partial charge in [-0.25, -0.2) is 9.97 Å². The van der Waals surface area contributed by atoms with E-state index in [1.807, 2.05) is 0 Å². The predicted octanol–water partition coefficient (Wildman–Crippen LogP) is 2.90. The van der Waals surface area contributed by atoms with Gasteiger partial charge in [0, 0.05) is 36.9 Å². The van der Waals surface area contributed by atoms with Crippen molar-refractivity contribution in [3.63, 3.8) is 0 Å². The number of fused-ring (bicyclic) bond motifs is 1. The monoisotopic (exact) mass is 245 g/mol. The molecule has 1 atom stereocenters. The second-order valence-corrected chi connectivity index (χ2v) is 5.76.